The number of nitro benzene ring substituents is 1. The van der Waals surface area contributed by atoms with E-state index in [4.69, 9.17) is 16.3 Å². The number of benzene rings is 3. The number of non-ortho nitro benzene ring substituents is 1. The van der Waals surface area contributed by atoms with Gasteiger partial charge in [-0.25, -0.2) is 0 Å². The average Bonchev–Trinajstić information content (AvgIpc) is 2.69. The highest BCUT2D eigenvalue weighted by Crippen LogP contribution is 2.24. The maximum absolute atomic E-state index is 10.7. The molecule has 0 aliphatic carbocycles. The number of ether oxygens (including phenoxy) is 1. The molecule has 0 bridgehead atoms. The first-order valence-electron chi connectivity index (χ1n) is 8.22. The van der Waals surface area contributed by atoms with Gasteiger partial charge in [0.25, 0.3) is 5.69 Å². The van der Waals surface area contributed by atoms with E-state index in [1.165, 1.54) is 12.1 Å². The van der Waals surface area contributed by atoms with Crippen LogP contribution >= 0.6 is 27.5 Å². The summed E-state index contributed by atoms with van der Waals surface area (Å²) in [7, 11) is 0. The van der Waals surface area contributed by atoms with Crippen molar-refractivity contribution >= 4 is 45.1 Å². The van der Waals surface area contributed by atoms with Gasteiger partial charge in [0, 0.05) is 32.8 Å². The van der Waals surface area contributed by atoms with Crippen molar-refractivity contribution in [1.29, 1.82) is 0 Å². The molecular weight excluding hydrogens is 446 g/mol. The molecule has 0 amide bonds. The summed E-state index contributed by atoms with van der Waals surface area (Å²) in [5.41, 5.74) is 5.15. The fraction of sp³-hybridized carbons (Fsp3) is 0.0500. The molecule has 0 unspecified atom stereocenters. The molecule has 0 heterocycles. The van der Waals surface area contributed by atoms with Crippen molar-refractivity contribution in [3.8, 4) is 5.75 Å². The van der Waals surface area contributed by atoms with E-state index in [-0.39, 0.29) is 5.69 Å². The van der Waals surface area contributed by atoms with Crippen LogP contribution in [0.25, 0.3) is 0 Å². The number of hydrogen-bond acceptors (Lipinski definition) is 5. The van der Waals surface area contributed by atoms with E-state index in [0.717, 1.165) is 15.6 Å². The molecule has 0 radical (unpaired) electrons. The van der Waals surface area contributed by atoms with Gasteiger partial charge in [-0.15, -0.1) is 0 Å². The zero-order valence-corrected chi connectivity index (χ0v) is 16.9. The third kappa shape index (κ3) is 5.31. The number of nitrogens with one attached hydrogen (secondary N) is 1. The second kappa shape index (κ2) is 9.34. The van der Waals surface area contributed by atoms with Crippen molar-refractivity contribution in [2.45, 2.75) is 6.61 Å². The standard InChI is InChI=1S/C20H15BrClN3O3/c21-16-5-10-20(28-13-14-3-1-2-4-19(14)22)15(11-16)12-23-24-17-6-8-18(9-7-17)25(26)27/h1-12,24H,13H2/b23-12-. The molecule has 3 aromatic carbocycles. The molecular formula is C20H15BrClN3O3. The Morgan fingerprint density at radius 1 is 1.14 bits per heavy atom. The van der Waals surface area contributed by atoms with E-state index < -0.39 is 4.92 Å². The largest absolute Gasteiger partial charge is 0.488 e. The van der Waals surface area contributed by atoms with Gasteiger partial charge >= 0.3 is 0 Å². The monoisotopic (exact) mass is 459 g/mol. The maximum Gasteiger partial charge on any atom is 0.269 e. The molecule has 0 aromatic heterocycles. The number of nitrogens with zero attached hydrogens (tertiary/aromatic N) is 2. The van der Waals surface area contributed by atoms with Crippen LogP contribution < -0.4 is 10.2 Å². The fourth-order valence-corrected chi connectivity index (χ4v) is 2.93. The first-order chi connectivity index (χ1) is 13.5. The van der Waals surface area contributed by atoms with E-state index in [1.807, 2.05) is 42.5 Å². The molecule has 0 aliphatic heterocycles. The van der Waals surface area contributed by atoms with Crippen LogP contribution in [-0.4, -0.2) is 11.1 Å². The number of anilines is 1. The van der Waals surface area contributed by atoms with Crippen LogP contribution in [0.1, 0.15) is 11.1 Å². The number of nitro groups is 1. The Kier molecular flexibility index (Phi) is 6.62. The molecule has 0 saturated heterocycles. The van der Waals surface area contributed by atoms with Crippen LogP contribution in [0.15, 0.2) is 76.3 Å². The predicted octanol–water partition coefficient (Wildman–Crippen LogP) is 6.04. The highest BCUT2D eigenvalue weighted by molar-refractivity contribution is 9.10. The Morgan fingerprint density at radius 3 is 2.61 bits per heavy atom. The van der Waals surface area contributed by atoms with Crippen LogP contribution in [0.5, 0.6) is 5.75 Å². The van der Waals surface area contributed by atoms with Gasteiger partial charge < -0.3 is 4.74 Å². The molecule has 0 saturated carbocycles. The van der Waals surface area contributed by atoms with Gasteiger partial charge in [0.2, 0.25) is 0 Å². The Bertz CT molecular complexity index is 1010. The Morgan fingerprint density at radius 2 is 1.89 bits per heavy atom. The highest BCUT2D eigenvalue weighted by Gasteiger charge is 2.06. The first kappa shape index (κ1) is 19.9. The summed E-state index contributed by atoms with van der Waals surface area (Å²) >= 11 is 9.61. The molecule has 1 N–H and O–H groups in total. The zero-order valence-electron chi connectivity index (χ0n) is 14.5. The summed E-state index contributed by atoms with van der Waals surface area (Å²) < 4.78 is 6.79. The van der Waals surface area contributed by atoms with Crippen molar-refractivity contribution in [2.75, 3.05) is 5.43 Å². The summed E-state index contributed by atoms with van der Waals surface area (Å²) in [6.45, 7) is 0.331. The SMILES string of the molecule is O=[N+]([O-])c1ccc(N/N=C\c2cc(Br)ccc2OCc2ccccc2Cl)cc1. The lowest BCUT2D eigenvalue weighted by Gasteiger charge is -2.10. The van der Waals surface area contributed by atoms with E-state index in [0.29, 0.717) is 23.1 Å². The minimum Gasteiger partial charge on any atom is -0.488 e. The smallest absolute Gasteiger partial charge is 0.269 e. The van der Waals surface area contributed by atoms with Crippen LogP contribution in [0, 0.1) is 10.1 Å². The molecule has 3 aromatic rings. The molecule has 6 nitrogen and oxygen atoms in total. The topological polar surface area (TPSA) is 76.8 Å². The second-order valence-electron chi connectivity index (χ2n) is 5.74. The average molecular weight is 461 g/mol. The summed E-state index contributed by atoms with van der Waals surface area (Å²) in [6, 6.07) is 19.1. The van der Waals surface area contributed by atoms with Crippen LogP contribution in [-0.2, 0) is 6.61 Å². The summed E-state index contributed by atoms with van der Waals surface area (Å²) in [4.78, 5) is 10.2. The lowest BCUT2D eigenvalue weighted by molar-refractivity contribution is -0.384. The van der Waals surface area contributed by atoms with Gasteiger partial charge in [-0.1, -0.05) is 45.7 Å². The van der Waals surface area contributed by atoms with Crippen LogP contribution in [0.3, 0.4) is 0 Å². The summed E-state index contributed by atoms with van der Waals surface area (Å²) in [6.07, 6.45) is 1.62. The molecule has 0 fully saturated rings. The van der Waals surface area contributed by atoms with Crippen LogP contribution in [0.2, 0.25) is 5.02 Å². The van der Waals surface area contributed by atoms with Gasteiger partial charge in [-0.2, -0.15) is 5.10 Å². The zero-order chi connectivity index (χ0) is 19.9. The first-order valence-corrected chi connectivity index (χ1v) is 9.39. The molecule has 3 rings (SSSR count). The Hall–Kier alpha value is -2.90. The Labute approximate surface area is 175 Å². The fourth-order valence-electron chi connectivity index (χ4n) is 2.36. The van der Waals surface area contributed by atoms with Crippen molar-refractivity contribution in [1.82, 2.24) is 0 Å². The molecule has 0 atom stereocenters. The highest BCUT2D eigenvalue weighted by atomic mass is 79.9. The van der Waals surface area contributed by atoms with Crippen molar-refractivity contribution < 1.29 is 9.66 Å². The molecule has 28 heavy (non-hydrogen) atoms. The maximum atomic E-state index is 10.7. The Balaban J connectivity index is 1.70. The third-order valence-electron chi connectivity index (χ3n) is 3.79. The normalized spacial score (nSPS) is 10.8. The number of hydrazone groups is 1. The lowest BCUT2D eigenvalue weighted by atomic mass is 10.2. The van der Waals surface area contributed by atoms with Crippen molar-refractivity contribution in [3.63, 3.8) is 0 Å². The van der Waals surface area contributed by atoms with Gasteiger partial charge in [-0.05, 0) is 36.4 Å². The minimum absolute atomic E-state index is 0.0248. The van der Waals surface area contributed by atoms with Gasteiger partial charge in [0.15, 0.2) is 0 Å². The van der Waals surface area contributed by atoms with E-state index >= 15 is 0 Å². The van der Waals surface area contributed by atoms with Gasteiger partial charge in [0.1, 0.15) is 12.4 Å². The number of hydrogen-bond donors (Lipinski definition) is 1. The number of rotatable bonds is 7. The lowest BCUT2D eigenvalue weighted by Crippen LogP contribution is -2.00. The van der Waals surface area contributed by atoms with E-state index in [1.54, 1.807) is 18.3 Å². The molecule has 0 aliphatic rings. The summed E-state index contributed by atoms with van der Waals surface area (Å²) in [5, 5.41) is 15.5. The predicted molar refractivity (Wildman–Crippen MR) is 114 cm³/mol. The molecule has 8 heteroatoms. The quantitative estimate of drug-likeness (QED) is 0.265. The van der Waals surface area contributed by atoms with Crippen molar-refractivity contribution in [2.24, 2.45) is 5.10 Å². The van der Waals surface area contributed by atoms with E-state index in [2.05, 4.69) is 26.5 Å². The van der Waals surface area contributed by atoms with Gasteiger partial charge in [-0.3, -0.25) is 15.5 Å². The number of halogens is 2. The van der Waals surface area contributed by atoms with Crippen molar-refractivity contribution in [3.05, 3.63) is 97.5 Å². The minimum atomic E-state index is -0.447. The van der Waals surface area contributed by atoms with E-state index in [9.17, 15) is 10.1 Å². The molecule has 0 spiro atoms. The van der Waals surface area contributed by atoms with Crippen LogP contribution in [0.4, 0.5) is 11.4 Å². The third-order valence-corrected chi connectivity index (χ3v) is 4.65. The molecule has 142 valence electrons. The second-order valence-corrected chi connectivity index (χ2v) is 7.06. The summed E-state index contributed by atoms with van der Waals surface area (Å²) in [5.74, 6) is 0.650. The van der Waals surface area contributed by atoms with Gasteiger partial charge in [0.05, 0.1) is 16.8 Å².